The van der Waals surface area contributed by atoms with Gasteiger partial charge in [0.05, 0.1) is 44.7 Å². The van der Waals surface area contributed by atoms with Crippen molar-refractivity contribution in [1.29, 1.82) is 0 Å². The zero-order valence-electron chi connectivity index (χ0n) is 42.9. The van der Waals surface area contributed by atoms with Gasteiger partial charge in [0.1, 0.15) is 91.6 Å². The van der Waals surface area contributed by atoms with Crippen LogP contribution in [0.2, 0.25) is 0 Å². The average Bonchev–Trinajstić information content (AvgIpc) is 3.83. The number of rotatable bonds is 15. The number of aliphatic hydroxyl groups is 14. The van der Waals surface area contributed by atoms with Crippen molar-refractivity contribution >= 4 is 0 Å². The number of ether oxygens (including phenoxy) is 9. The zero-order valence-corrected chi connectivity index (χ0v) is 42.9. The molecule has 9 aliphatic rings. The Hall–Kier alpha value is -1.18. The predicted octanol–water partition coefficient (Wildman–Crippen LogP) is -3.01. The molecule has 0 aromatic carbocycles. The first-order valence-corrected chi connectivity index (χ1v) is 26.9. The third-order valence-corrected chi connectivity index (χ3v) is 19.5. The fraction of sp³-hybridized carbons (Fsp3) is 0.961. The van der Waals surface area contributed by atoms with E-state index in [2.05, 4.69) is 26.8 Å². The molecule has 23 nitrogen and oxygen atoms in total. The van der Waals surface area contributed by atoms with Crippen LogP contribution in [-0.2, 0) is 42.6 Å². The second-order valence-electron chi connectivity index (χ2n) is 23.8. The van der Waals surface area contributed by atoms with E-state index in [1.165, 1.54) is 12.5 Å². The van der Waals surface area contributed by atoms with Crippen molar-refractivity contribution < 1.29 is 114 Å². The van der Waals surface area contributed by atoms with E-state index in [1.807, 2.05) is 6.92 Å². The van der Waals surface area contributed by atoms with Gasteiger partial charge in [0.2, 0.25) is 0 Å². The number of aliphatic hydroxyl groups excluding tert-OH is 13. The van der Waals surface area contributed by atoms with Gasteiger partial charge in [-0.1, -0.05) is 39.3 Å². The second kappa shape index (κ2) is 22.4. The van der Waals surface area contributed by atoms with Gasteiger partial charge in [0, 0.05) is 12.3 Å². The molecule has 4 aliphatic carbocycles. The lowest BCUT2D eigenvalue weighted by molar-refractivity contribution is -0.388. The quantitative estimate of drug-likeness (QED) is 0.0727. The van der Waals surface area contributed by atoms with E-state index >= 15 is 0 Å². The van der Waals surface area contributed by atoms with Gasteiger partial charge in [-0.2, -0.15) is 0 Å². The summed E-state index contributed by atoms with van der Waals surface area (Å²) in [6.07, 6.45) is -22.0. The number of fused-ring (bicyclic) bond motifs is 7. The molecule has 0 aromatic rings. The van der Waals surface area contributed by atoms with Crippen molar-refractivity contribution in [3.8, 4) is 0 Å². The van der Waals surface area contributed by atoms with Crippen LogP contribution >= 0.6 is 0 Å². The monoisotopic (exact) mass is 1060 g/mol. The molecule has 23 heteroatoms. The van der Waals surface area contributed by atoms with E-state index in [1.54, 1.807) is 0 Å². The smallest absolute Gasteiger partial charge is 0.187 e. The molecule has 0 radical (unpaired) electrons. The Bertz CT molecular complexity index is 1920. The highest BCUT2D eigenvalue weighted by Crippen LogP contribution is 2.70. The van der Waals surface area contributed by atoms with Crippen LogP contribution < -0.4 is 0 Å². The molecule has 74 heavy (non-hydrogen) atoms. The lowest BCUT2D eigenvalue weighted by Crippen LogP contribution is -2.66. The van der Waals surface area contributed by atoms with Gasteiger partial charge in [0.15, 0.2) is 30.9 Å². The van der Waals surface area contributed by atoms with E-state index in [4.69, 9.17) is 42.6 Å². The van der Waals surface area contributed by atoms with Gasteiger partial charge >= 0.3 is 0 Å². The van der Waals surface area contributed by atoms with Crippen molar-refractivity contribution in [2.75, 3.05) is 26.4 Å². The maximum atomic E-state index is 12.1. The van der Waals surface area contributed by atoms with Crippen LogP contribution in [0, 0.1) is 46.3 Å². The fourth-order valence-electron chi connectivity index (χ4n) is 15.0. The molecule has 0 spiro atoms. The molecule has 0 amide bonds. The Labute approximate surface area is 430 Å². The summed E-state index contributed by atoms with van der Waals surface area (Å²) in [5.74, 6) is -0.167. The molecule has 426 valence electrons. The van der Waals surface area contributed by atoms with Crippen molar-refractivity contribution in [3.63, 3.8) is 0 Å². The van der Waals surface area contributed by atoms with E-state index < -0.39 is 155 Å². The lowest BCUT2D eigenvalue weighted by atomic mass is 9.47. The molecule has 5 aliphatic heterocycles. The molecular weight excluding hydrogens is 981 g/mol. The topological polar surface area (TPSA) is 366 Å². The predicted molar refractivity (Wildman–Crippen MR) is 250 cm³/mol. The van der Waals surface area contributed by atoms with Gasteiger partial charge in [-0.05, 0) is 98.7 Å². The van der Waals surface area contributed by atoms with Crippen LogP contribution in [0.15, 0.2) is 11.6 Å². The average molecular weight is 1070 g/mol. The van der Waals surface area contributed by atoms with Crippen LogP contribution in [0.3, 0.4) is 0 Å². The standard InChI is InChI=1S/C51H84O23/c1-20(19-66-45-40(62)37(59)34(56)29(16-52)69-45)8-13-51(65)21(2)32-28(74-51)15-27-25-7-6-23-14-24(9-11-49(23,4)26(25)10-12-50(27,32)5)68-47-42(64)39(61)43(31(18-54)71-47)72-48-44(38(60)35(57)30(17-53)70-48)73-46-41(63)36(58)33(55)22(3)67-46/h6,20-22,24-48,52-65H,7-19H2,1-5H3. The van der Waals surface area contributed by atoms with E-state index in [9.17, 15) is 71.5 Å². The van der Waals surface area contributed by atoms with Crippen molar-refractivity contribution in [2.24, 2.45) is 46.3 Å². The Morgan fingerprint density at radius 2 is 1.22 bits per heavy atom. The van der Waals surface area contributed by atoms with Crippen molar-refractivity contribution in [3.05, 3.63) is 11.6 Å². The SMILES string of the molecule is CC(CCC1(O)OC2CC3C4CC=C5CC(OC6OC(CO)C(OC7OC(CO)C(O)C(O)C7OC7OC(C)C(O)C(O)C7O)C(O)C6O)CCC5(C)C4CCC3(C)C2C1C)COC1OC(CO)C(O)C(O)C1O. The minimum Gasteiger partial charge on any atom is -0.394 e. The van der Waals surface area contributed by atoms with Crippen LogP contribution in [0.5, 0.6) is 0 Å². The van der Waals surface area contributed by atoms with Gasteiger partial charge in [-0.15, -0.1) is 0 Å². The summed E-state index contributed by atoms with van der Waals surface area (Å²) in [6, 6.07) is 0. The molecule has 0 aromatic heterocycles. The Morgan fingerprint density at radius 3 is 1.91 bits per heavy atom. The zero-order chi connectivity index (χ0) is 53.5. The van der Waals surface area contributed by atoms with E-state index in [0.29, 0.717) is 43.4 Å². The minimum absolute atomic E-state index is 0.0482. The highest BCUT2D eigenvalue weighted by molar-refractivity contribution is 5.26. The molecule has 3 saturated carbocycles. The van der Waals surface area contributed by atoms with Crippen LogP contribution in [0.4, 0.5) is 0 Å². The van der Waals surface area contributed by atoms with Crippen molar-refractivity contribution in [2.45, 2.75) is 233 Å². The molecule has 9 rings (SSSR count). The van der Waals surface area contributed by atoms with Crippen LogP contribution in [0.25, 0.3) is 0 Å². The summed E-state index contributed by atoms with van der Waals surface area (Å²) in [6.45, 7) is 8.32. The summed E-state index contributed by atoms with van der Waals surface area (Å²) >= 11 is 0. The number of allylic oxidation sites excluding steroid dienone is 1. The van der Waals surface area contributed by atoms with E-state index in [0.717, 1.165) is 32.1 Å². The van der Waals surface area contributed by atoms with Crippen molar-refractivity contribution in [1.82, 2.24) is 0 Å². The molecule has 0 bridgehead atoms. The summed E-state index contributed by atoms with van der Waals surface area (Å²) < 4.78 is 53.6. The fourth-order valence-corrected chi connectivity index (χ4v) is 15.0. The molecule has 5 saturated heterocycles. The Kier molecular flexibility index (Phi) is 17.4. The van der Waals surface area contributed by atoms with Gasteiger partial charge in [0.25, 0.3) is 0 Å². The largest absolute Gasteiger partial charge is 0.394 e. The van der Waals surface area contributed by atoms with Crippen LogP contribution in [-0.4, -0.2) is 239 Å². The first-order valence-electron chi connectivity index (χ1n) is 26.9. The maximum absolute atomic E-state index is 12.1. The molecule has 14 N–H and O–H groups in total. The molecule has 8 fully saturated rings. The Balaban J connectivity index is 0.797. The molecule has 31 unspecified atom stereocenters. The molecule has 5 heterocycles. The summed E-state index contributed by atoms with van der Waals surface area (Å²) in [7, 11) is 0. The molecule has 31 atom stereocenters. The van der Waals surface area contributed by atoms with Gasteiger partial charge in [-0.3, -0.25) is 0 Å². The number of hydrogen-bond acceptors (Lipinski definition) is 23. The normalized spacial score (nSPS) is 54.9. The molecular formula is C51H84O23. The number of hydrogen-bond donors (Lipinski definition) is 14. The van der Waals surface area contributed by atoms with Gasteiger partial charge in [-0.25, -0.2) is 0 Å². The minimum atomic E-state index is -1.84. The Morgan fingerprint density at radius 1 is 0.635 bits per heavy atom. The third-order valence-electron chi connectivity index (χ3n) is 19.5. The summed E-state index contributed by atoms with van der Waals surface area (Å²) in [5.41, 5.74) is 1.11. The first-order chi connectivity index (χ1) is 35.0. The lowest BCUT2D eigenvalue weighted by Gasteiger charge is -2.58. The summed E-state index contributed by atoms with van der Waals surface area (Å²) in [4.78, 5) is 0. The highest BCUT2D eigenvalue weighted by Gasteiger charge is 2.68. The summed E-state index contributed by atoms with van der Waals surface area (Å²) in [5, 5.41) is 149. The maximum Gasteiger partial charge on any atom is 0.187 e. The van der Waals surface area contributed by atoms with Crippen LogP contribution in [0.1, 0.15) is 92.4 Å². The third kappa shape index (κ3) is 10.2. The second-order valence-corrected chi connectivity index (χ2v) is 23.8. The first kappa shape index (κ1) is 57.5. The van der Waals surface area contributed by atoms with Gasteiger partial charge < -0.3 is 114 Å². The highest BCUT2D eigenvalue weighted by atomic mass is 16.8. The van der Waals surface area contributed by atoms with E-state index in [-0.39, 0.29) is 41.3 Å².